The predicted octanol–water partition coefficient (Wildman–Crippen LogP) is 6.67. The van der Waals surface area contributed by atoms with Gasteiger partial charge in [0.2, 0.25) is 11.9 Å². The van der Waals surface area contributed by atoms with Gasteiger partial charge in [-0.3, -0.25) is 19.5 Å². The number of pyridine rings is 1. The van der Waals surface area contributed by atoms with Crippen LogP contribution in [0.3, 0.4) is 0 Å². The van der Waals surface area contributed by atoms with E-state index < -0.39 is 6.04 Å². The van der Waals surface area contributed by atoms with Gasteiger partial charge < -0.3 is 15.4 Å². The summed E-state index contributed by atoms with van der Waals surface area (Å²) in [6, 6.07) is 21.8. The van der Waals surface area contributed by atoms with Crippen molar-refractivity contribution in [2.75, 3.05) is 17.3 Å². The molecule has 0 spiro atoms. The summed E-state index contributed by atoms with van der Waals surface area (Å²) in [5, 5.41) is 6.55. The van der Waals surface area contributed by atoms with Gasteiger partial charge in [0.05, 0.1) is 12.8 Å². The summed E-state index contributed by atoms with van der Waals surface area (Å²) in [4.78, 5) is 44.0. The summed E-state index contributed by atoms with van der Waals surface area (Å²) in [6.07, 6.45) is 9.26. The molecule has 5 rings (SSSR count). The van der Waals surface area contributed by atoms with Crippen LogP contribution >= 0.6 is 0 Å². The van der Waals surface area contributed by atoms with Crippen molar-refractivity contribution < 1.29 is 14.3 Å². The molecule has 2 heterocycles. The normalized spacial score (nSPS) is 14.0. The van der Waals surface area contributed by atoms with Crippen LogP contribution in [-0.4, -0.2) is 46.0 Å². The van der Waals surface area contributed by atoms with E-state index >= 15 is 0 Å². The number of ether oxygens (including phenoxy) is 1. The lowest BCUT2D eigenvalue weighted by molar-refractivity contribution is -0.123. The molecule has 1 saturated carbocycles. The maximum absolute atomic E-state index is 14.7. The zero-order valence-electron chi connectivity index (χ0n) is 26.3. The van der Waals surface area contributed by atoms with Gasteiger partial charge in [0.15, 0.2) is 0 Å². The van der Waals surface area contributed by atoms with E-state index in [2.05, 4.69) is 29.5 Å². The van der Waals surface area contributed by atoms with Gasteiger partial charge in [-0.15, -0.1) is 0 Å². The zero-order chi connectivity index (χ0) is 31.6. The van der Waals surface area contributed by atoms with Crippen molar-refractivity contribution in [3.63, 3.8) is 0 Å². The van der Waals surface area contributed by atoms with Gasteiger partial charge in [0, 0.05) is 36.2 Å². The average Bonchev–Trinajstić information content (AvgIpc) is 3.08. The second-order valence-electron chi connectivity index (χ2n) is 11.9. The third-order valence-corrected chi connectivity index (χ3v) is 8.02. The first kappa shape index (κ1) is 31.6. The Morgan fingerprint density at radius 2 is 1.71 bits per heavy atom. The summed E-state index contributed by atoms with van der Waals surface area (Å²) in [5.41, 5.74) is 3.19. The molecule has 2 aromatic carbocycles. The molecular weight excluding hydrogens is 564 g/mol. The molecule has 1 aliphatic carbocycles. The number of aromatic nitrogens is 3. The van der Waals surface area contributed by atoms with Gasteiger partial charge in [0.25, 0.3) is 5.91 Å². The molecule has 2 N–H and O–H groups in total. The number of nitrogens with zero attached hydrogens (tertiary/aromatic N) is 4. The molecule has 2 aromatic heterocycles. The number of carbonyl (C=O) groups is 2. The Balaban J connectivity index is 1.56. The van der Waals surface area contributed by atoms with Crippen LogP contribution in [0.25, 0.3) is 11.3 Å². The second kappa shape index (κ2) is 15.3. The summed E-state index contributed by atoms with van der Waals surface area (Å²) >= 11 is 0. The SMILES string of the molecule is COc1ccc(N(C(=O)c2cc(-c3ccccc3)nc(NCc3cccnc3)n2)C(CC(C)C)C(=O)NC2CCCCC2)cc1. The Kier molecular flexibility index (Phi) is 10.7. The van der Waals surface area contributed by atoms with E-state index in [1.807, 2.05) is 54.6 Å². The number of rotatable bonds is 12. The van der Waals surface area contributed by atoms with E-state index in [4.69, 9.17) is 14.7 Å². The molecule has 9 nitrogen and oxygen atoms in total. The summed E-state index contributed by atoms with van der Waals surface area (Å²) in [6.45, 7) is 4.56. The lowest BCUT2D eigenvalue weighted by atomic mass is 9.94. The van der Waals surface area contributed by atoms with E-state index in [1.54, 1.807) is 42.6 Å². The topological polar surface area (TPSA) is 109 Å². The molecular formula is C36H42N6O3. The van der Waals surface area contributed by atoms with Crippen molar-refractivity contribution in [2.45, 2.75) is 71.0 Å². The van der Waals surface area contributed by atoms with Crippen molar-refractivity contribution in [1.29, 1.82) is 0 Å². The minimum Gasteiger partial charge on any atom is -0.497 e. The van der Waals surface area contributed by atoms with Gasteiger partial charge >= 0.3 is 0 Å². The largest absolute Gasteiger partial charge is 0.497 e. The molecule has 0 radical (unpaired) electrons. The molecule has 0 bridgehead atoms. The van der Waals surface area contributed by atoms with Gasteiger partial charge in [-0.25, -0.2) is 9.97 Å². The van der Waals surface area contributed by atoms with E-state index in [0.29, 0.717) is 36.0 Å². The van der Waals surface area contributed by atoms with E-state index in [-0.39, 0.29) is 29.5 Å². The van der Waals surface area contributed by atoms with Crippen molar-refractivity contribution in [2.24, 2.45) is 5.92 Å². The minimum atomic E-state index is -0.741. The third-order valence-electron chi connectivity index (χ3n) is 8.02. The Hall–Kier alpha value is -4.79. The monoisotopic (exact) mass is 606 g/mol. The molecule has 9 heteroatoms. The lowest BCUT2D eigenvalue weighted by Crippen LogP contribution is -2.53. The first-order valence-corrected chi connectivity index (χ1v) is 15.8. The van der Waals surface area contributed by atoms with Crippen molar-refractivity contribution in [3.05, 3.63) is 96.4 Å². The Labute approximate surface area is 265 Å². The molecule has 1 atom stereocenters. The number of methoxy groups -OCH3 is 1. The molecule has 1 aliphatic rings. The summed E-state index contributed by atoms with van der Waals surface area (Å²) in [7, 11) is 1.60. The molecule has 1 fully saturated rings. The number of amides is 2. The van der Waals surface area contributed by atoms with Gasteiger partial charge in [-0.1, -0.05) is 69.5 Å². The van der Waals surface area contributed by atoms with Crippen LogP contribution < -0.4 is 20.3 Å². The van der Waals surface area contributed by atoms with Crippen molar-refractivity contribution in [1.82, 2.24) is 20.3 Å². The molecule has 0 aliphatic heterocycles. The highest BCUT2D eigenvalue weighted by atomic mass is 16.5. The highest BCUT2D eigenvalue weighted by Gasteiger charge is 2.35. The number of anilines is 2. The maximum Gasteiger partial charge on any atom is 0.277 e. The quantitative estimate of drug-likeness (QED) is 0.185. The highest BCUT2D eigenvalue weighted by Crippen LogP contribution is 2.28. The minimum absolute atomic E-state index is 0.112. The summed E-state index contributed by atoms with van der Waals surface area (Å²) < 4.78 is 5.39. The number of benzene rings is 2. The predicted molar refractivity (Wildman–Crippen MR) is 177 cm³/mol. The number of hydrogen-bond acceptors (Lipinski definition) is 7. The first-order chi connectivity index (χ1) is 21.9. The Morgan fingerprint density at radius 1 is 0.956 bits per heavy atom. The first-order valence-electron chi connectivity index (χ1n) is 15.8. The highest BCUT2D eigenvalue weighted by molar-refractivity contribution is 6.09. The van der Waals surface area contributed by atoms with Crippen LogP contribution in [-0.2, 0) is 11.3 Å². The van der Waals surface area contributed by atoms with Crippen LogP contribution in [0.2, 0.25) is 0 Å². The fourth-order valence-corrected chi connectivity index (χ4v) is 5.70. The zero-order valence-corrected chi connectivity index (χ0v) is 26.3. The van der Waals surface area contributed by atoms with E-state index in [1.165, 1.54) is 6.42 Å². The molecule has 1 unspecified atom stereocenters. The van der Waals surface area contributed by atoms with Gasteiger partial charge in [0.1, 0.15) is 17.5 Å². The van der Waals surface area contributed by atoms with E-state index in [0.717, 1.165) is 36.8 Å². The maximum atomic E-state index is 14.7. The second-order valence-corrected chi connectivity index (χ2v) is 11.9. The van der Waals surface area contributed by atoms with E-state index in [9.17, 15) is 9.59 Å². The van der Waals surface area contributed by atoms with Gasteiger partial charge in [-0.05, 0) is 67.1 Å². The molecule has 234 valence electrons. The fourth-order valence-electron chi connectivity index (χ4n) is 5.70. The molecule has 45 heavy (non-hydrogen) atoms. The number of hydrogen-bond donors (Lipinski definition) is 2. The van der Waals surface area contributed by atoms with Crippen LogP contribution in [0.5, 0.6) is 5.75 Å². The lowest BCUT2D eigenvalue weighted by Gasteiger charge is -2.34. The third kappa shape index (κ3) is 8.44. The Morgan fingerprint density at radius 3 is 2.38 bits per heavy atom. The standard InChI is InChI=1S/C36H42N6O3/c1-25(2)21-33(34(43)39-28-14-8-5-9-15-28)42(29-16-18-30(45-3)19-17-29)35(44)32-22-31(27-12-6-4-7-13-27)40-36(41-32)38-24-26-11-10-20-37-23-26/h4,6-7,10-13,16-20,22-23,25,28,33H,5,8-9,14-15,21,24H2,1-3H3,(H,39,43)(H,38,40,41). The van der Waals surface area contributed by atoms with Gasteiger partial charge in [-0.2, -0.15) is 0 Å². The van der Waals surface area contributed by atoms with Crippen LogP contribution in [0, 0.1) is 5.92 Å². The van der Waals surface area contributed by atoms with Crippen LogP contribution in [0.15, 0.2) is 85.2 Å². The molecule has 4 aromatic rings. The molecule has 0 saturated heterocycles. The fraction of sp³-hybridized carbons (Fsp3) is 0.361. The Bertz CT molecular complexity index is 1540. The average molecular weight is 607 g/mol. The van der Waals surface area contributed by atoms with Crippen LogP contribution in [0.1, 0.15) is 68.4 Å². The van der Waals surface area contributed by atoms with Crippen molar-refractivity contribution in [3.8, 4) is 17.0 Å². The molecule has 2 amide bonds. The number of carbonyl (C=O) groups excluding carboxylic acids is 2. The van der Waals surface area contributed by atoms with Crippen molar-refractivity contribution >= 4 is 23.5 Å². The number of nitrogens with one attached hydrogen (secondary N) is 2. The van der Waals surface area contributed by atoms with Crippen LogP contribution in [0.4, 0.5) is 11.6 Å². The summed E-state index contributed by atoms with van der Waals surface area (Å²) in [5.74, 6) is 0.599. The smallest absolute Gasteiger partial charge is 0.277 e.